The molecule has 10 heteroatoms. The topological polar surface area (TPSA) is 103 Å². The molecule has 35 heavy (non-hydrogen) atoms. The summed E-state index contributed by atoms with van der Waals surface area (Å²) in [6.45, 7) is 3.26. The second kappa shape index (κ2) is 11.1. The number of rotatable bonds is 10. The molecule has 3 aromatic carbocycles. The fraction of sp³-hybridized carbons (Fsp3) is 0.240. The van der Waals surface area contributed by atoms with Crippen molar-refractivity contribution in [3.8, 4) is 17.2 Å². The summed E-state index contributed by atoms with van der Waals surface area (Å²) in [5, 5.41) is 2.85. The number of hydrogen-bond acceptors (Lipinski definition) is 6. The van der Waals surface area contributed by atoms with Crippen LogP contribution in [0.4, 0.5) is 10.1 Å². The number of methoxy groups -OCH3 is 2. The van der Waals surface area contributed by atoms with Gasteiger partial charge < -0.3 is 19.5 Å². The summed E-state index contributed by atoms with van der Waals surface area (Å²) in [5.74, 6) is 0.710. The largest absolute Gasteiger partial charge is 0.493 e. The van der Waals surface area contributed by atoms with Crippen LogP contribution in [0.1, 0.15) is 24.1 Å². The van der Waals surface area contributed by atoms with Crippen molar-refractivity contribution >= 4 is 21.6 Å². The second-order valence-corrected chi connectivity index (χ2v) is 9.41. The molecule has 1 atom stereocenters. The van der Waals surface area contributed by atoms with Gasteiger partial charge in [0, 0.05) is 5.69 Å². The fourth-order valence-electron chi connectivity index (χ4n) is 3.31. The Labute approximate surface area is 204 Å². The molecule has 0 spiro atoms. The van der Waals surface area contributed by atoms with Gasteiger partial charge in [-0.05, 0) is 79.6 Å². The molecule has 0 fully saturated rings. The lowest BCUT2D eigenvalue weighted by atomic mass is 10.1. The number of carbonyl (C=O) groups excluding carboxylic acids is 1. The average Bonchev–Trinajstić information content (AvgIpc) is 2.84. The van der Waals surface area contributed by atoms with Gasteiger partial charge in [-0.15, -0.1) is 0 Å². The van der Waals surface area contributed by atoms with E-state index in [1.165, 1.54) is 37.4 Å². The molecule has 0 saturated carbocycles. The molecule has 0 aliphatic rings. The molecule has 0 aromatic heterocycles. The van der Waals surface area contributed by atoms with E-state index < -0.39 is 15.8 Å². The van der Waals surface area contributed by atoms with Crippen LogP contribution in [-0.2, 0) is 14.8 Å². The zero-order valence-corrected chi connectivity index (χ0v) is 20.6. The van der Waals surface area contributed by atoms with E-state index in [9.17, 15) is 17.6 Å². The molecule has 0 unspecified atom stereocenters. The number of amides is 1. The standard InChI is InChI=1S/C25H27FN2O6S/c1-16-13-21(35(30,31)28-20-8-6-19(26)7-9-20)10-12-22(16)34-15-25(29)27-17(2)18-5-11-23(32-3)24(14-18)33-4/h5-14,17,28H,15H2,1-4H3,(H,27,29)/t17-/m1/s1. The van der Waals surface area contributed by atoms with Crippen molar-refractivity contribution in [1.29, 1.82) is 0 Å². The van der Waals surface area contributed by atoms with Gasteiger partial charge in [-0.1, -0.05) is 6.07 Å². The number of halogens is 1. The van der Waals surface area contributed by atoms with Gasteiger partial charge in [-0.3, -0.25) is 9.52 Å². The maximum atomic E-state index is 13.1. The third kappa shape index (κ3) is 6.63. The molecular formula is C25H27FN2O6S. The van der Waals surface area contributed by atoms with E-state index in [4.69, 9.17) is 14.2 Å². The molecule has 2 N–H and O–H groups in total. The van der Waals surface area contributed by atoms with E-state index in [1.54, 1.807) is 26.2 Å². The van der Waals surface area contributed by atoms with Crippen LogP contribution >= 0.6 is 0 Å². The summed E-state index contributed by atoms with van der Waals surface area (Å²) in [4.78, 5) is 12.4. The first-order valence-electron chi connectivity index (χ1n) is 10.7. The molecule has 3 rings (SSSR count). The predicted octanol–water partition coefficient (Wildman–Crippen LogP) is 4.21. The van der Waals surface area contributed by atoms with Crippen molar-refractivity contribution < 1.29 is 31.8 Å². The number of benzene rings is 3. The minimum absolute atomic E-state index is 0.0122. The maximum Gasteiger partial charge on any atom is 0.261 e. The van der Waals surface area contributed by atoms with Crippen LogP contribution in [0.25, 0.3) is 0 Å². The van der Waals surface area contributed by atoms with E-state index >= 15 is 0 Å². The van der Waals surface area contributed by atoms with Crippen molar-refractivity contribution in [3.63, 3.8) is 0 Å². The molecule has 0 heterocycles. The Balaban J connectivity index is 1.60. The Bertz CT molecular complexity index is 1300. The Hall–Kier alpha value is -3.79. The molecular weight excluding hydrogens is 475 g/mol. The van der Waals surface area contributed by atoms with Gasteiger partial charge in [-0.25, -0.2) is 12.8 Å². The highest BCUT2D eigenvalue weighted by Gasteiger charge is 2.17. The van der Waals surface area contributed by atoms with Crippen molar-refractivity contribution in [2.45, 2.75) is 24.8 Å². The number of hydrogen-bond donors (Lipinski definition) is 2. The Kier molecular flexibility index (Phi) is 8.18. The van der Waals surface area contributed by atoms with Gasteiger partial charge in [0.15, 0.2) is 18.1 Å². The van der Waals surface area contributed by atoms with Crippen molar-refractivity contribution in [3.05, 3.63) is 77.6 Å². The monoisotopic (exact) mass is 502 g/mol. The van der Waals surface area contributed by atoms with Crippen LogP contribution in [0, 0.1) is 12.7 Å². The van der Waals surface area contributed by atoms with E-state index in [0.717, 1.165) is 17.7 Å². The third-order valence-corrected chi connectivity index (χ3v) is 6.58. The molecule has 186 valence electrons. The van der Waals surface area contributed by atoms with Gasteiger partial charge in [0.2, 0.25) is 0 Å². The van der Waals surface area contributed by atoms with Gasteiger partial charge in [0.05, 0.1) is 25.2 Å². The van der Waals surface area contributed by atoms with Gasteiger partial charge in [-0.2, -0.15) is 0 Å². The van der Waals surface area contributed by atoms with Crippen LogP contribution in [0.5, 0.6) is 17.2 Å². The lowest BCUT2D eigenvalue weighted by molar-refractivity contribution is -0.123. The van der Waals surface area contributed by atoms with Gasteiger partial charge in [0.1, 0.15) is 11.6 Å². The minimum atomic E-state index is -3.88. The molecule has 0 saturated heterocycles. The highest BCUT2D eigenvalue weighted by Crippen LogP contribution is 2.30. The lowest BCUT2D eigenvalue weighted by Crippen LogP contribution is -2.31. The Morgan fingerprint density at radius 1 is 0.943 bits per heavy atom. The number of ether oxygens (including phenoxy) is 3. The zero-order valence-electron chi connectivity index (χ0n) is 19.8. The van der Waals surface area contributed by atoms with E-state index in [-0.39, 0.29) is 29.1 Å². The van der Waals surface area contributed by atoms with Crippen molar-refractivity contribution in [2.24, 2.45) is 0 Å². The smallest absolute Gasteiger partial charge is 0.261 e. The van der Waals surface area contributed by atoms with E-state index in [1.807, 2.05) is 13.0 Å². The van der Waals surface area contributed by atoms with Crippen molar-refractivity contribution in [2.75, 3.05) is 25.5 Å². The molecule has 0 aliphatic heterocycles. The van der Waals surface area contributed by atoms with Crippen molar-refractivity contribution in [1.82, 2.24) is 5.32 Å². The third-order valence-electron chi connectivity index (χ3n) is 5.20. The van der Waals surface area contributed by atoms with Crippen LogP contribution in [0.15, 0.2) is 65.6 Å². The fourth-order valence-corrected chi connectivity index (χ4v) is 4.46. The molecule has 8 nitrogen and oxygen atoms in total. The number of sulfonamides is 1. The summed E-state index contributed by atoms with van der Waals surface area (Å²) in [5.41, 5.74) is 1.60. The first kappa shape index (κ1) is 25.8. The van der Waals surface area contributed by atoms with Crippen LogP contribution in [0.2, 0.25) is 0 Å². The van der Waals surface area contributed by atoms with Crippen LogP contribution in [0.3, 0.4) is 0 Å². The molecule has 0 aliphatic carbocycles. The van der Waals surface area contributed by atoms with Gasteiger partial charge >= 0.3 is 0 Å². The van der Waals surface area contributed by atoms with Crippen LogP contribution < -0.4 is 24.2 Å². The first-order valence-corrected chi connectivity index (χ1v) is 12.1. The summed E-state index contributed by atoms with van der Waals surface area (Å²) in [7, 11) is -0.795. The normalized spacial score (nSPS) is 11.9. The Morgan fingerprint density at radius 2 is 1.60 bits per heavy atom. The van der Waals surface area contributed by atoms with E-state index in [2.05, 4.69) is 10.0 Å². The summed E-state index contributed by atoms with van der Waals surface area (Å²) < 4.78 is 56.8. The maximum absolute atomic E-state index is 13.1. The average molecular weight is 503 g/mol. The molecule has 0 bridgehead atoms. The lowest BCUT2D eigenvalue weighted by Gasteiger charge is -2.17. The molecule has 3 aromatic rings. The first-order chi connectivity index (χ1) is 16.6. The predicted molar refractivity (Wildman–Crippen MR) is 130 cm³/mol. The summed E-state index contributed by atoms with van der Waals surface area (Å²) in [6.07, 6.45) is 0. The number of nitrogens with one attached hydrogen (secondary N) is 2. The SMILES string of the molecule is COc1ccc([C@@H](C)NC(=O)COc2ccc(S(=O)(=O)Nc3ccc(F)cc3)cc2C)cc1OC. The quantitative estimate of drug-likeness (QED) is 0.431. The highest BCUT2D eigenvalue weighted by molar-refractivity contribution is 7.92. The van der Waals surface area contributed by atoms with Gasteiger partial charge in [0.25, 0.3) is 15.9 Å². The van der Waals surface area contributed by atoms with Crippen LogP contribution in [-0.4, -0.2) is 35.2 Å². The number of anilines is 1. The minimum Gasteiger partial charge on any atom is -0.493 e. The highest BCUT2D eigenvalue weighted by atomic mass is 32.2. The molecule has 1 amide bonds. The molecule has 0 radical (unpaired) electrons. The summed E-state index contributed by atoms with van der Waals surface area (Å²) >= 11 is 0. The number of carbonyl (C=O) groups is 1. The van der Waals surface area contributed by atoms with E-state index in [0.29, 0.717) is 22.8 Å². The second-order valence-electron chi connectivity index (χ2n) is 7.73. The Morgan fingerprint density at radius 3 is 2.23 bits per heavy atom. The number of aryl methyl sites for hydroxylation is 1. The summed E-state index contributed by atoms with van der Waals surface area (Å²) in [6, 6.07) is 14.4. The zero-order chi connectivity index (χ0) is 25.6.